The van der Waals surface area contributed by atoms with Gasteiger partial charge in [-0.15, -0.1) is 0 Å². The van der Waals surface area contributed by atoms with Crippen LogP contribution in [0.1, 0.15) is 16.8 Å². The first-order chi connectivity index (χ1) is 13.1. The van der Waals surface area contributed by atoms with E-state index in [1.807, 2.05) is 18.2 Å². The van der Waals surface area contributed by atoms with Crippen LogP contribution in [0.25, 0.3) is 10.9 Å². The molecule has 0 spiro atoms. The highest BCUT2D eigenvalue weighted by Gasteiger charge is 2.23. The number of H-pyrrole nitrogens is 2. The van der Waals surface area contributed by atoms with Crippen molar-refractivity contribution in [2.45, 2.75) is 6.42 Å². The van der Waals surface area contributed by atoms with Gasteiger partial charge >= 0.3 is 0 Å². The number of anilines is 1. The van der Waals surface area contributed by atoms with Crippen molar-refractivity contribution in [3.05, 3.63) is 69.2 Å². The van der Waals surface area contributed by atoms with E-state index in [9.17, 15) is 9.59 Å². The van der Waals surface area contributed by atoms with Crippen LogP contribution in [0.2, 0.25) is 0 Å². The maximum absolute atomic E-state index is 12.5. The Labute approximate surface area is 161 Å². The summed E-state index contributed by atoms with van der Waals surface area (Å²) in [4.78, 5) is 32.2. The Morgan fingerprint density at radius 3 is 2.81 bits per heavy atom. The number of nitrogens with one attached hydrogen (secondary N) is 3. The van der Waals surface area contributed by atoms with Gasteiger partial charge in [0.15, 0.2) is 4.77 Å². The molecule has 7 heteroatoms. The molecule has 1 amide bonds. The number of carbonyl (C=O) groups is 1. The Balaban J connectivity index is 1.41. The first-order valence-corrected chi connectivity index (χ1v) is 9.35. The van der Waals surface area contributed by atoms with Crippen molar-refractivity contribution < 1.29 is 4.79 Å². The van der Waals surface area contributed by atoms with Gasteiger partial charge in [-0.2, -0.15) is 0 Å². The van der Waals surface area contributed by atoms with Gasteiger partial charge in [0.05, 0.1) is 10.9 Å². The molecule has 3 aromatic rings. The number of amides is 1. The van der Waals surface area contributed by atoms with Crippen LogP contribution in [0, 0.1) is 10.7 Å². The fourth-order valence-electron chi connectivity index (χ4n) is 3.52. The summed E-state index contributed by atoms with van der Waals surface area (Å²) in [5.74, 6) is 0.276. The number of hydrogen-bond donors (Lipinski definition) is 3. The van der Waals surface area contributed by atoms with E-state index in [-0.39, 0.29) is 16.2 Å². The zero-order chi connectivity index (χ0) is 18.8. The first-order valence-electron chi connectivity index (χ1n) is 8.95. The Kier molecular flexibility index (Phi) is 4.77. The van der Waals surface area contributed by atoms with Gasteiger partial charge in [-0.05, 0) is 54.9 Å². The third-order valence-corrected chi connectivity index (χ3v) is 5.16. The van der Waals surface area contributed by atoms with Gasteiger partial charge in [0.1, 0.15) is 0 Å². The molecule has 1 aliphatic heterocycles. The second kappa shape index (κ2) is 7.36. The second-order valence-corrected chi connectivity index (χ2v) is 7.22. The lowest BCUT2D eigenvalue weighted by Crippen LogP contribution is -2.31. The molecule has 2 aromatic carbocycles. The second-order valence-electron chi connectivity index (χ2n) is 6.81. The summed E-state index contributed by atoms with van der Waals surface area (Å²) in [5.41, 5.74) is 2.04. The van der Waals surface area contributed by atoms with Crippen LogP contribution < -0.4 is 15.8 Å². The monoisotopic (exact) mass is 380 g/mol. The van der Waals surface area contributed by atoms with Crippen molar-refractivity contribution in [1.82, 2.24) is 15.3 Å². The van der Waals surface area contributed by atoms with Crippen LogP contribution in [-0.4, -0.2) is 35.5 Å². The fraction of sp³-hybridized carbons (Fsp3) is 0.250. The van der Waals surface area contributed by atoms with E-state index < -0.39 is 0 Å². The Hall–Kier alpha value is -2.93. The molecule has 0 saturated carbocycles. The van der Waals surface area contributed by atoms with E-state index in [0.29, 0.717) is 28.9 Å². The first kappa shape index (κ1) is 17.5. The van der Waals surface area contributed by atoms with Gasteiger partial charge in [0, 0.05) is 30.9 Å². The molecule has 2 heterocycles. The number of benzene rings is 2. The molecule has 0 radical (unpaired) electrons. The third kappa shape index (κ3) is 3.78. The van der Waals surface area contributed by atoms with Crippen LogP contribution >= 0.6 is 12.2 Å². The molecule has 1 aliphatic rings. The number of carbonyl (C=O) groups excluding carboxylic acids is 1. The topological polar surface area (TPSA) is 81.0 Å². The van der Waals surface area contributed by atoms with Crippen molar-refractivity contribution in [1.29, 1.82) is 0 Å². The normalized spacial score (nSPS) is 16.6. The maximum Gasteiger partial charge on any atom is 0.259 e. The molecule has 0 bridgehead atoms. The Morgan fingerprint density at radius 1 is 1.19 bits per heavy atom. The maximum atomic E-state index is 12.5. The predicted molar refractivity (Wildman–Crippen MR) is 109 cm³/mol. The molecular formula is C20H20N4O2S. The Morgan fingerprint density at radius 2 is 2.00 bits per heavy atom. The van der Waals surface area contributed by atoms with Crippen LogP contribution in [0.15, 0.2) is 53.3 Å². The number of hydrogen-bond acceptors (Lipinski definition) is 4. The molecule has 1 atom stereocenters. The molecule has 0 aliphatic carbocycles. The summed E-state index contributed by atoms with van der Waals surface area (Å²) in [6.45, 7) is 2.57. The lowest BCUT2D eigenvalue weighted by atomic mass is 10.1. The zero-order valence-electron chi connectivity index (χ0n) is 14.7. The van der Waals surface area contributed by atoms with Gasteiger partial charge in [-0.25, -0.2) is 0 Å². The minimum Gasteiger partial charge on any atom is -0.371 e. The van der Waals surface area contributed by atoms with Gasteiger partial charge in [0.25, 0.3) is 11.5 Å². The summed E-state index contributed by atoms with van der Waals surface area (Å²) in [7, 11) is 0. The average molecular weight is 380 g/mol. The highest BCUT2D eigenvalue weighted by Crippen LogP contribution is 2.23. The number of nitrogens with zero attached hydrogens (tertiary/aromatic N) is 1. The van der Waals surface area contributed by atoms with Gasteiger partial charge < -0.3 is 15.2 Å². The molecule has 1 fully saturated rings. The van der Waals surface area contributed by atoms with Crippen molar-refractivity contribution in [3.63, 3.8) is 0 Å². The lowest BCUT2D eigenvalue weighted by molar-refractivity contribution is 0.0948. The third-order valence-electron chi connectivity index (χ3n) is 4.96. The largest absolute Gasteiger partial charge is 0.371 e. The predicted octanol–water partition coefficient (Wildman–Crippen LogP) is 2.84. The average Bonchev–Trinajstić information content (AvgIpc) is 3.15. The van der Waals surface area contributed by atoms with Crippen LogP contribution in [0.5, 0.6) is 0 Å². The zero-order valence-corrected chi connectivity index (χ0v) is 15.5. The minimum absolute atomic E-state index is 0.144. The molecule has 1 saturated heterocycles. The van der Waals surface area contributed by atoms with Crippen LogP contribution in [-0.2, 0) is 0 Å². The highest BCUT2D eigenvalue weighted by molar-refractivity contribution is 7.71. The molecule has 27 heavy (non-hydrogen) atoms. The minimum atomic E-state index is -0.257. The molecule has 4 rings (SSSR count). The summed E-state index contributed by atoms with van der Waals surface area (Å²) < 4.78 is 0.247. The SMILES string of the molecule is O=C(NC[C@@H]1CCN(c2ccccc2)C1)c1ccc2c(=O)[nH]c(=S)[nH]c2c1. The van der Waals surface area contributed by atoms with Crippen molar-refractivity contribution in [2.24, 2.45) is 5.92 Å². The molecule has 138 valence electrons. The lowest BCUT2D eigenvalue weighted by Gasteiger charge is -2.18. The fourth-order valence-corrected chi connectivity index (χ4v) is 3.73. The van der Waals surface area contributed by atoms with Crippen LogP contribution in [0.3, 0.4) is 0 Å². The molecule has 0 unspecified atom stereocenters. The highest BCUT2D eigenvalue weighted by atomic mass is 32.1. The summed E-state index contributed by atoms with van der Waals surface area (Å²) >= 11 is 4.99. The number of rotatable bonds is 4. The summed E-state index contributed by atoms with van der Waals surface area (Å²) in [6.07, 6.45) is 1.05. The Bertz CT molecular complexity index is 1090. The molecule has 6 nitrogen and oxygen atoms in total. The number of fused-ring (bicyclic) bond motifs is 1. The van der Waals surface area contributed by atoms with E-state index in [0.717, 1.165) is 19.5 Å². The van der Waals surface area contributed by atoms with E-state index in [1.165, 1.54) is 5.69 Å². The van der Waals surface area contributed by atoms with E-state index in [4.69, 9.17) is 12.2 Å². The number of para-hydroxylation sites is 1. The quantitative estimate of drug-likeness (QED) is 0.608. The van der Waals surface area contributed by atoms with Gasteiger partial charge in [-0.3, -0.25) is 14.6 Å². The van der Waals surface area contributed by atoms with Crippen molar-refractivity contribution in [3.8, 4) is 0 Å². The number of aromatic nitrogens is 2. The van der Waals surface area contributed by atoms with Crippen molar-refractivity contribution >= 4 is 34.7 Å². The van der Waals surface area contributed by atoms with E-state index in [1.54, 1.807) is 18.2 Å². The van der Waals surface area contributed by atoms with Crippen molar-refractivity contribution in [2.75, 3.05) is 24.5 Å². The molecular weight excluding hydrogens is 360 g/mol. The number of aromatic amines is 2. The van der Waals surface area contributed by atoms with E-state index in [2.05, 4.69) is 32.3 Å². The van der Waals surface area contributed by atoms with E-state index >= 15 is 0 Å². The molecule has 3 N–H and O–H groups in total. The van der Waals surface area contributed by atoms with Gasteiger partial charge in [-0.1, -0.05) is 18.2 Å². The van der Waals surface area contributed by atoms with Crippen LogP contribution in [0.4, 0.5) is 5.69 Å². The van der Waals surface area contributed by atoms with Gasteiger partial charge in [0.2, 0.25) is 0 Å². The summed E-state index contributed by atoms with van der Waals surface area (Å²) in [5, 5.41) is 3.50. The smallest absolute Gasteiger partial charge is 0.259 e. The standard InChI is InChI=1S/C20H20N4O2S/c25-18(14-6-7-16-17(10-14)22-20(27)23-19(16)26)21-11-13-8-9-24(12-13)15-4-2-1-3-5-15/h1-7,10,13H,8-9,11-12H2,(H,21,25)(H2,22,23,26,27)/t13-/m0/s1. The molecule has 1 aromatic heterocycles. The summed E-state index contributed by atoms with van der Waals surface area (Å²) in [6, 6.07) is 15.3.